The molecular formula is C24H32F4N2O6S. The molecule has 0 bridgehead atoms. The van der Waals surface area contributed by atoms with Crippen molar-refractivity contribution in [3.05, 3.63) is 29.8 Å². The lowest BCUT2D eigenvalue weighted by atomic mass is 9.90. The number of benzene rings is 1. The normalized spacial score (nSPS) is 24.5. The predicted molar refractivity (Wildman–Crippen MR) is 125 cm³/mol. The molecule has 0 aromatic heterocycles. The molecule has 3 aliphatic heterocycles. The third kappa shape index (κ3) is 6.80. The Morgan fingerprint density at radius 3 is 2.35 bits per heavy atom. The van der Waals surface area contributed by atoms with E-state index in [1.807, 2.05) is 0 Å². The maximum atomic E-state index is 13.7. The number of nitrogens with zero attached hydrogens (tertiary/aromatic N) is 1. The summed E-state index contributed by atoms with van der Waals surface area (Å²) in [4.78, 5) is 18.7. The van der Waals surface area contributed by atoms with Crippen LogP contribution in [0, 0.1) is 0 Å². The minimum absolute atomic E-state index is 0.0594. The van der Waals surface area contributed by atoms with E-state index in [0.29, 0.717) is 65.0 Å². The molecule has 0 spiro atoms. The number of hydroxylamine groups is 1. The zero-order valence-electron chi connectivity index (χ0n) is 20.3. The molecule has 8 nitrogen and oxygen atoms in total. The number of carbonyl (C=O) groups is 1. The molecule has 3 saturated heterocycles. The molecule has 3 fully saturated rings. The first kappa shape index (κ1) is 28.2. The van der Waals surface area contributed by atoms with Crippen LogP contribution in [0.2, 0.25) is 0 Å². The van der Waals surface area contributed by atoms with Crippen molar-refractivity contribution in [2.75, 3.05) is 32.9 Å². The summed E-state index contributed by atoms with van der Waals surface area (Å²) in [7, 11) is -1.63. The third-order valence-corrected chi connectivity index (χ3v) is 9.11. The van der Waals surface area contributed by atoms with E-state index in [1.54, 1.807) is 16.4 Å². The topological polar surface area (TPSA) is 86.3 Å². The summed E-state index contributed by atoms with van der Waals surface area (Å²) >= 11 is 0. The highest BCUT2D eigenvalue weighted by atomic mass is 32.2. The number of piperidine rings is 1. The van der Waals surface area contributed by atoms with Crippen LogP contribution in [0.1, 0.15) is 56.4 Å². The fourth-order valence-electron chi connectivity index (χ4n) is 4.81. The van der Waals surface area contributed by atoms with Crippen LogP contribution >= 0.6 is 0 Å². The number of halogens is 4. The van der Waals surface area contributed by atoms with Crippen LogP contribution in [0.15, 0.2) is 24.3 Å². The van der Waals surface area contributed by atoms with Gasteiger partial charge in [-0.2, -0.15) is 17.6 Å². The second kappa shape index (κ2) is 12.4. The molecule has 1 amide bonds. The Morgan fingerprint density at radius 1 is 1.08 bits per heavy atom. The molecule has 2 atom stereocenters. The average molecular weight is 553 g/mol. The van der Waals surface area contributed by atoms with Crippen molar-refractivity contribution in [1.82, 2.24) is 9.79 Å². The van der Waals surface area contributed by atoms with Gasteiger partial charge in [0.1, 0.15) is 21.5 Å². The third-order valence-electron chi connectivity index (χ3n) is 7.02. The zero-order chi connectivity index (χ0) is 26.5. The maximum Gasteiger partial charge on any atom is 0.461 e. The van der Waals surface area contributed by atoms with Gasteiger partial charge in [-0.05, 0) is 62.1 Å². The molecule has 4 rings (SSSR count). The molecular weight excluding hydrogens is 520 g/mol. The lowest BCUT2D eigenvalue weighted by Gasteiger charge is -2.40. The molecule has 3 aliphatic rings. The summed E-state index contributed by atoms with van der Waals surface area (Å²) in [6.07, 6.45) is -4.59. The second-order valence-electron chi connectivity index (χ2n) is 9.44. The molecule has 2 unspecified atom stereocenters. The number of ether oxygens (including phenoxy) is 3. The molecule has 0 aliphatic carbocycles. The van der Waals surface area contributed by atoms with E-state index in [0.717, 1.165) is 18.4 Å². The first-order valence-corrected chi connectivity index (χ1v) is 13.6. The standard InChI is InChI=1S/C24H32F4N2O6S/c25-21(26)24(27,28)35-19-6-4-17(5-7-19)18-8-12-30(13-9-18)37(32)23(10-15-33-16-11-23)22(31)29-36-20-3-1-2-14-34-20/h4-7,18,20-21H,1-3,8-16H2,(H,29,31). The van der Waals surface area contributed by atoms with Crippen molar-refractivity contribution in [2.45, 2.75) is 74.4 Å². The van der Waals surface area contributed by atoms with Gasteiger partial charge in [0.15, 0.2) is 6.29 Å². The fourth-order valence-corrected chi connectivity index (χ4v) is 6.56. The number of hydrogen-bond donors (Lipinski definition) is 1. The number of amides is 1. The summed E-state index contributed by atoms with van der Waals surface area (Å²) in [6.45, 7) is 2.12. The van der Waals surface area contributed by atoms with Crippen LogP contribution in [0.5, 0.6) is 5.75 Å². The van der Waals surface area contributed by atoms with Gasteiger partial charge >= 0.3 is 12.5 Å². The fraction of sp³-hybridized carbons (Fsp3) is 0.708. The first-order chi connectivity index (χ1) is 17.7. The first-order valence-electron chi connectivity index (χ1n) is 12.5. The van der Waals surface area contributed by atoms with Gasteiger partial charge in [0.25, 0.3) is 5.91 Å². The summed E-state index contributed by atoms with van der Waals surface area (Å²) in [5.74, 6) is -0.730. The van der Waals surface area contributed by atoms with Crippen LogP contribution < -0.4 is 10.2 Å². The van der Waals surface area contributed by atoms with E-state index in [2.05, 4.69) is 10.2 Å². The monoisotopic (exact) mass is 552 g/mol. The Morgan fingerprint density at radius 2 is 1.76 bits per heavy atom. The minimum Gasteiger partial charge on any atom is -0.428 e. The Labute approximate surface area is 215 Å². The highest BCUT2D eigenvalue weighted by Gasteiger charge is 2.49. The SMILES string of the molecule is O=C(NOC1CCCCO1)C1(S(=O)N2CCC(c3ccc(OC(F)(F)C(F)F)cc3)CC2)CCOCC1. The lowest BCUT2D eigenvalue weighted by Crippen LogP contribution is -2.58. The van der Waals surface area contributed by atoms with Crippen molar-refractivity contribution in [3.8, 4) is 5.75 Å². The predicted octanol–water partition coefficient (Wildman–Crippen LogP) is 3.89. The molecule has 1 aromatic carbocycles. The summed E-state index contributed by atoms with van der Waals surface area (Å²) in [6, 6.07) is 5.64. The van der Waals surface area contributed by atoms with Gasteiger partial charge < -0.3 is 14.2 Å². The van der Waals surface area contributed by atoms with Crippen LogP contribution in [0.4, 0.5) is 17.6 Å². The molecule has 13 heteroatoms. The van der Waals surface area contributed by atoms with Crippen LogP contribution in [0.3, 0.4) is 0 Å². The zero-order valence-corrected chi connectivity index (χ0v) is 21.2. The van der Waals surface area contributed by atoms with Gasteiger partial charge in [-0.15, -0.1) is 0 Å². The molecule has 1 aromatic rings. The van der Waals surface area contributed by atoms with E-state index in [9.17, 15) is 26.6 Å². The van der Waals surface area contributed by atoms with Crippen molar-refractivity contribution >= 4 is 16.9 Å². The van der Waals surface area contributed by atoms with Crippen molar-refractivity contribution in [3.63, 3.8) is 0 Å². The van der Waals surface area contributed by atoms with Gasteiger partial charge in [-0.25, -0.2) is 18.8 Å². The molecule has 3 heterocycles. The summed E-state index contributed by atoms with van der Waals surface area (Å²) in [5, 5.41) is 0. The molecule has 1 N–H and O–H groups in total. The summed E-state index contributed by atoms with van der Waals surface area (Å²) < 4.78 is 80.4. The van der Waals surface area contributed by atoms with Gasteiger partial charge in [-0.1, -0.05) is 12.1 Å². The Bertz CT molecular complexity index is 918. The average Bonchev–Trinajstić information content (AvgIpc) is 2.92. The van der Waals surface area contributed by atoms with Gasteiger partial charge in [0.2, 0.25) is 0 Å². The maximum absolute atomic E-state index is 13.7. The second-order valence-corrected chi connectivity index (χ2v) is 11.2. The van der Waals surface area contributed by atoms with Gasteiger partial charge in [0, 0.05) is 39.3 Å². The Hall–Kier alpha value is -1.80. The lowest BCUT2D eigenvalue weighted by molar-refractivity contribution is -0.253. The number of rotatable bonds is 9. The largest absolute Gasteiger partial charge is 0.461 e. The van der Waals surface area contributed by atoms with Crippen LogP contribution in [-0.2, 0) is 30.1 Å². The molecule has 37 heavy (non-hydrogen) atoms. The number of nitrogens with one attached hydrogen (secondary N) is 1. The minimum atomic E-state index is -4.56. The number of carbonyl (C=O) groups excluding carboxylic acids is 1. The number of hydrogen-bond acceptors (Lipinski definition) is 6. The highest BCUT2D eigenvalue weighted by molar-refractivity contribution is 7.85. The number of alkyl halides is 4. The van der Waals surface area contributed by atoms with E-state index >= 15 is 0 Å². The van der Waals surface area contributed by atoms with Crippen molar-refractivity contribution in [1.29, 1.82) is 0 Å². The molecule has 0 radical (unpaired) electrons. The van der Waals surface area contributed by atoms with E-state index in [4.69, 9.17) is 14.3 Å². The van der Waals surface area contributed by atoms with Gasteiger partial charge in [0.05, 0.1) is 0 Å². The van der Waals surface area contributed by atoms with E-state index in [-0.39, 0.29) is 11.7 Å². The van der Waals surface area contributed by atoms with Crippen molar-refractivity contribution in [2.24, 2.45) is 0 Å². The Kier molecular flexibility index (Phi) is 9.43. The van der Waals surface area contributed by atoms with Crippen LogP contribution in [-0.4, -0.2) is 70.9 Å². The van der Waals surface area contributed by atoms with Crippen molar-refractivity contribution < 1.29 is 45.6 Å². The van der Waals surface area contributed by atoms with Gasteiger partial charge in [-0.3, -0.25) is 4.79 Å². The smallest absolute Gasteiger partial charge is 0.428 e. The highest BCUT2D eigenvalue weighted by Crippen LogP contribution is 2.36. The van der Waals surface area contributed by atoms with Crippen LogP contribution in [0.25, 0.3) is 0 Å². The molecule has 0 saturated carbocycles. The molecule has 208 valence electrons. The summed E-state index contributed by atoms with van der Waals surface area (Å²) in [5.41, 5.74) is 3.34. The Balaban J connectivity index is 1.34. The van der Waals surface area contributed by atoms with E-state index in [1.165, 1.54) is 12.1 Å². The van der Waals surface area contributed by atoms with E-state index < -0.39 is 40.5 Å². The quantitative estimate of drug-likeness (QED) is 0.370.